The minimum atomic E-state index is -0.214. The van der Waals surface area contributed by atoms with Crippen molar-refractivity contribution in [3.8, 4) is 11.4 Å². The highest BCUT2D eigenvalue weighted by atomic mass is 16.5. The van der Waals surface area contributed by atoms with E-state index in [-0.39, 0.29) is 11.1 Å². The molecule has 112 valence electrons. The van der Waals surface area contributed by atoms with Gasteiger partial charge in [-0.15, -0.1) is 0 Å². The van der Waals surface area contributed by atoms with E-state index in [1.165, 1.54) is 6.42 Å². The van der Waals surface area contributed by atoms with Crippen LogP contribution in [0.25, 0.3) is 22.4 Å². The maximum atomic E-state index is 11.3. The van der Waals surface area contributed by atoms with E-state index in [2.05, 4.69) is 25.4 Å². The van der Waals surface area contributed by atoms with Crippen LogP contribution in [0.5, 0.6) is 0 Å². The summed E-state index contributed by atoms with van der Waals surface area (Å²) in [5, 5.41) is 7.57. The lowest BCUT2D eigenvalue weighted by atomic mass is 9.62. The van der Waals surface area contributed by atoms with Gasteiger partial charge < -0.3 is 19.8 Å². The number of benzene rings is 1. The summed E-state index contributed by atoms with van der Waals surface area (Å²) in [5.74, 6) is 1.93. The van der Waals surface area contributed by atoms with Gasteiger partial charge in [-0.1, -0.05) is 5.16 Å². The summed E-state index contributed by atoms with van der Waals surface area (Å²) >= 11 is 0. The third-order valence-electron chi connectivity index (χ3n) is 5.18. The van der Waals surface area contributed by atoms with Crippen LogP contribution in [0.4, 0.5) is 0 Å². The van der Waals surface area contributed by atoms with Crippen LogP contribution in [0, 0.1) is 5.92 Å². The largest absolute Gasteiger partial charge is 0.338 e. The smallest absolute Gasteiger partial charge is 0.323 e. The average Bonchev–Trinajstić information content (AvgIpc) is 3.16. The molecule has 0 bridgehead atoms. The van der Waals surface area contributed by atoms with E-state index in [4.69, 9.17) is 4.52 Å². The molecule has 1 aliphatic heterocycles. The highest BCUT2D eigenvalue weighted by Gasteiger charge is 2.54. The second-order valence-electron chi connectivity index (χ2n) is 6.29. The molecule has 0 amide bonds. The maximum absolute atomic E-state index is 11.3. The molecule has 7 nitrogen and oxygen atoms in total. The molecule has 2 aromatic heterocycles. The monoisotopic (exact) mass is 297 g/mol. The van der Waals surface area contributed by atoms with Crippen LogP contribution >= 0.6 is 0 Å². The van der Waals surface area contributed by atoms with Gasteiger partial charge in [0.25, 0.3) is 0 Å². The molecule has 3 N–H and O–H groups in total. The van der Waals surface area contributed by atoms with Crippen LogP contribution in [0.1, 0.15) is 18.7 Å². The summed E-state index contributed by atoms with van der Waals surface area (Å²) < 4.78 is 5.56. The van der Waals surface area contributed by atoms with Crippen molar-refractivity contribution in [3.05, 3.63) is 34.6 Å². The van der Waals surface area contributed by atoms with Crippen LogP contribution in [-0.4, -0.2) is 33.2 Å². The van der Waals surface area contributed by atoms with E-state index in [0.717, 1.165) is 42.0 Å². The summed E-state index contributed by atoms with van der Waals surface area (Å²) in [4.78, 5) is 21.4. The fourth-order valence-corrected chi connectivity index (χ4v) is 3.77. The van der Waals surface area contributed by atoms with Crippen molar-refractivity contribution < 1.29 is 4.52 Å². The molecular formula is C15H15N5O2. The molecule has 5 rings (SSSR count). The molecule has 22 heavy (non-hydrogen) atoms. The Morgan fingerprint density at radius 2 is 2.18 bits per heavy atom. The van der Waals surface area contributed by atoms with Gasteiger partial charge in [-0.05, 0) is 43.5 Å². The number of imidazole rings is 1. The lowest BCUT2D eigenvalue weighted by molar-refractivity contribution is 0.131. The summed E-state index contributed by atoms with van der Waals surface area (Å²) in [7, 11) is 0. The molecule has 0 unspecified atom stereocenters. The molecule has 1 saturated carbocycles. The first-order chi connectivity index (χ1) is 10.7. The van der Waals surface area contributed by atoms with E-state index < -0.39 is 0 Å². The molecule has 1 saturated heterocycles. The number of rotatable bonds is 2. The van der Waals surface area contributed by atoms with Crippen LogP contribution in [0.3, 0.4) is 0 Å². The Balaban J connectivity index is 1.56. The van der Waals surface area contributed by atoms with E-state index >= 15 is 0 Å². The predicted molar refractivity (Wildman–Crippen MR) is 79.5 cm³/mol. The third-order valence-corrected chi connectivity index (χ3v) is 5.18. The van der Waals surface area contributed by atoms with Crippen molar-refractivity contribution >= 4 is 11.0 Å². The van der Waals surface area contributed by atoms with Crippen LogP contribution in [0.15, 0.2) is 27.5 Å². The van der Waals surface area contributed by atoms with Crippen molar-refractivity contribution in [3.63, 3.8) is 0 Å². The molecule has 2 atom stereocenters. The highest BCUT2D eigenvalue weighted by molar-refractivity contribution is 5.79. The maximum Gasteiger partial charge on any atom is 0.323 e. The zero-order chi connectivity index (χ0) is 14.7. The number of hydrogen-bond acceptors (Lipinski definition) is 5. The van der Waals surface area contributed by atoms with Crippen LogP contribution in [-0.2, 0) is 5.41 Å². The number of nitrogens with one attached hydrogen (secondary N) is 3. The Morgan fingerprint density at radius 3 is 3.00 bits per heavy atom. The molecule has 1 aliphatic carbocycles. The van der Waals surface area contributed by atoms with Crippen molar-refractivity contribution in [2.24, 2.45) is 5.92 Å². The third kappa shape index (κ3) is 1.51. The number of aromatic nitrogens is 4. The van der Waals surface area contributed by atoms with Gasteiger partial charge in [-0.3, -0.25) is 0 Å². The second-order valence-corrected chi connectivity index (χ2v) is 6.29. The quantitative estimate of drug-likeness (QED) is 0.659. The number of aromatic amines is 2. The lowest BCUT2D eigenvalue weighted by Gasteiger charge is -2.40. The fraction of sp³-hybridized carbons (Fsp3) is 0.400. The summed E-state index contributed by atoms with van der Waals surface area (Å²) in [6.45, 7) is 1.96. The van der Waals surface area contributed by atoms with Gasteiger partial charge in [0.05, 0.1) is 16.4 Å². The number of fused-ring (bicyclic) bond motifs is 2. The molecular weight excluding hydrogens is 282 g/mol. The van der Waals surface area contributed by atoms with Crippen LogP contribution in [0.2, 0.25) is 0 Å². The normalized spacial score (nSPS) is 27.0. The predicted octanol–water partition coefficient (Wildman–Crippen LogP) is 1.16. The van der Waals surface area contributed by atoms with Crippen molar-refractivity contribution in [1.82, 2.24) is 25.4 Å². The summed E-state index contributed by atoms with van der Waals surface area (Å²) in [6.07, 6.45) is 2.33. The first-order valence-corrected chi connectivity index (χ1v) is 7.52. The van der Waals surface area contributed by atoms with Crippen LogP contribution < -0.4 is 11.0 Å². The SMILES string of the molecule is O=c1[nH]c2ccc(-c3noc([C@]45CC[C@H]4CNC5)n3)cc2[nH]1. The minimum absolute atomic E-state index is 0.0394. The highest BCUT2D eigenvalue weighted by Crippen LogP contribution is 2.50. The zero-order valence-corrected chi connectivity index (χ0v) is 11.8. The molecule has 3 aromatic rings. The van der Waals surface area contributed by atoms with Gasteiger partial charge in [0, 0.05) is 12.1 Å². The summed E-state index contributed by atoms with van der Waals surface area (Å²) in [5.41, 5.74) is 2.19. The standard InChI is InChI=1S/C15H15N5O2/c21-14-17-10-2-1-8(5-11(10)18-14)12-19-13(22-20-12)15-4-3-9(15)6-16-7-15/h1-2,5,9,16H,3-4,6-7H2,(H2,17,18,21)/t9-,15-/m0/s1. The number of nitrogens with zero attached hydrogens (tertiary/aromatic N) is 2. The van der Waals surface area contributed by atoms with Gasteiger partial charge in [0.1, 0.15) is 0 Å². The molecule has 1 aromatic carbocycles. The van der Waals surface area contributed by atoms with E-state index in [9.17, 15) is 4.79 Å². The van der Waals surface area contributed by atoms with E-state index in [1.807, 2.05) is 18.2 Å². The molecule has 2 aliphatic rings. The molecule has 3 heterocycles. The Bertz CT molecular complexity index is 923. The molecule has 0 spiro atoms. The summed E-state index contributed by atoms with van der Waals surface area (Å²) in [6, 6.07) is 5.61. The van der Waals surface area contributed by atoms with Gasteiger partial charge in [0.2, 0.25) is 11.7 Å². The molecule has 7 heteroatoms. The first kappa shape index (κ1) is 12.2. The first-order valence-electron chi connectivity index (χ1n) is 7.52. The second kappa shape index (κ2) is 4.07. The lowest BCUT2D eigenvalue weighted by Crippen LogP contribution is -2.43. The van der Waals surface area contributed by atoms with Crippen molar-refractivity contribution in [2.75, 3.05) is 13.1 Å². The Kier molecular flexibility index (Phi) is 2.25. The van der Waals surface area contributed by atoms with E-state index in [1.54, 1.807) is 0 Å². The minimum Gasteiger partial charge on any atom is -0.338 e. The van der Waals surface area contributed by atoms with Gasteiger partial charge in [-0.2, -0.15) is 4.98 Å². The Morgan fingerprint density at radius 1 is 1.27 bits per heavy atom. The van der Waals surface area contributed by atoms with Crippen molar-refractivity contribution in [2.45, 2.75) is 18.3 Å². The van der Waals surface area contributed by atoms with E-state index in [0.29, 0.717) is 11.7 Å². The number of hydrogen-bond donors (Lipinski definition) is 3. The molecule has 2 fully saturated rings. The molecule has 0 radical (unpaired) electrons. The topological polar surface area (TPSA) is 99.6 Å². The average molecular weight is 297 g/mol. The van der Waals surface area contributed by atoms with Gasteiger partial charge in [-0.25, -0.2) is 4.79 Å². The number of H-pyrrole nitrogens is 2. The van der Waals surface area contributed by atoms with Gasteiger partial charge in [0.15, 0.2) is 0 Å². The Hall–Kier alpha value is -2.41. The zero-order valence-electron chi connectivity index (χ0n) is 11.8. The van der Waals surface area contributed by atoms with Gasteiger partial charge >= 0.3 is 5.69 Å². The Labute approximate surface area is 125 Å². The van der Waals surface area contributed by atoms with Crippen molar-refractivity contribution in [1.29, 1.82) is 0 Å². The fourth-order valence-electron chi connectivity index (χ4n) is 3.77.